The van der Waals surface area contributed by atoms with Gasteiger partial charge in [0.2, 0.25) is 5.91 Å². The molecule has 1 fully saturated rings. The van der Waals surface area contributed by atoms with Gasteiger partial charge < -0.3 is 10.4 Å². The molecule has 2 N–H and O–H groups in total. The first kappa shape index (κ1) is 15.5. The highest BCUT2D eigenvalue weighted by Crippen LogP contribution is 2.20. The fraction of sp³-hybridized carbons (Fsp3) is 0.429. The van der Waals surface area contributed by atoms with Gasteiger partial charge in [-0.05, 0) is 18.6 Å². The number of pyridine rings is 1. The summed E-state index contributed by atoms with van der Waals surface area (Å²) in [5.41, 5.74) is 0.674. The molecule has 1 aromatic heterocycles. The van der Waals surface area contributed by atoms with Crippen molar-refractivity contribution in [3.63, 3.8) is 0 Å². The monoisotopic (exact) mass is 308 g/mol. The fourth-order valence-electron chi connectivity index (χ4n) is 2.03. The van der Waals surface area contributed by atoms with E-state index < -0.39 is 15.8 Å². The van der Waals surface area contributed by atoms with E-state index in [4.69, 9.17) is 5.11 Å². The Morgan fingerprint density at radius 3 is 3.00 bits per heavy atom. The van der Waals surface area contributed by atoms with Crippen molar-refractivity contribution in [2.75, 3.05) is 23.4 Å². The number of rotatable bonds is 3. The third-order valence-electron chi connectivity index (χ3n) is 3.08. The molecular weight excluding hydrogens is 292 g/mol. The smallest absolute Gasteiger partial charge is 0.229 e. The second-order valence-electron chi connectivity index (χ2n) is 4.79. The predicted octanol–water partition coefficient (Wildman–Crippen LogP) is 0.189. The van der Waals surface area contributed by atoms with Gasteiger partial charge in [0.1, 0.15) is 5.82 Å². The van der Waals surface area contributed by atoms with Crippen molar-refractivity contribution in [2.45, 2.75) is 12.8 Å². The third-order valence-corrected chi connectivity index (χ3v) is 4.85. The zero-order valence-corrected chi connectivity index (χ0v) is 12.2. The summed E-state index contributed by atoms with van der Waals surface area (Å²) in [6.07, 6.45) is 2.25. The molecular formula is C14H16N2O4S. The fourth-order valence-corrected chi connectivity index (χ4v) is 3.77. The number of hydrogen-bond acceptors (Lipinski definition) is 5. The Hall–Kier alpha value is -1.91. The van der Waals surface area contributed by atoms with Crippen molar-refractivity contribution in [3.05, 3.63) is 23.9 Å². The summed E-state index contributed by atoms with van der Waals surface area (Å²) < 4.78 is 22.7. The lowest BCUT2D eigenvalue weighted by molar-refractivity contribution is -0.119. The predicted molar refractivity (Wildman–Crippen MR) is 78.2 cm³/mol. The molecule has 1 unspecified atom stereocenters. The maximum atomic E-state index is 12.0. The summed E-state index contributed by atoms with van der Waals surface area (Å²) in [7, 11) is -3.08. The molecule has 7 heteroatoms. The average Bonchev–Trinajstić information content (AvgIpc) is 2.80. The van der Waals surface area contributed by atoms with Crippen LogP contribution in [0.3, 0.4) is 0 Å². The first-order valence-electron chi connectivity index (χ1n) is 6.57. The van der Waals surface area contributed by atoms with Crippen LogP contribution in [0.1, 0.15) is 18.4 Å². The van der Waals surface area contributed by atoms with Crippen molar-refractivity contribution >= 4 is 21.6 Å². The minimum absolute atomic E-state index is 0.00215. The molecule has 1 aromatic rings. The molecule has 1 aliphatic heterocycles. The number of carbonyl (C=O) groups is 1. The number of amides is 1. The maximum absolute atomic E-state index is 12.0. The largest absolute Gasteiger partial charge is 0.395 e. The van der Waals surface area contributed by atoms with Crippen LogP contribution in [0.5, 0.6) is 0 Å². The Kier molecular flexibility index (Phi) is 4.94. The zero-order valence-electron chi connectivity index (χ0n) is 11.4. The standard InChI is InChI=1S/C14H16N2O4S/c17-7-2-1-3-11-4-6-15-13(9-11)16-14(18)12-5-8-21(19,20)10-12/h4,6,9,12,17H,2,5,7-8,10H2,(H,15,16,18). The number of nitrogens with one attached hydrogen (secondary N) is 1. The molecule has 2 rings (SSSR count). The zero-order chi connectivity index (χ0) is 15.3. The molecule has 1 saturated heterocycles. The van der Waals surface area contributed by atoms with Gasteiger partial charge in [0.25, 0.3) is 0 Å². The minimum Gasteiger partial charge on any atom is -0.395 e. The van der Waals surface area contributed by atoms with Crippen molar-refractivity contribution in [3.8, 4) is 11.8 Å². The normalized spacial score (nSPS) is 19.6. The number of aliphatic hydroxyl groups is 1. The van der Waals surface area contributed by atoms with Gasteiger partial charge in [-0.15, -0.1) is 0 Å². The minimum atomic E-state index is -3.08. The summed E-state index contributed by atoms with van der Waals surface area (Å²) >= 11 is 0. The lowest BCUT2D eigenvalue weighted by atomic mass is 10.1. The first-order valence-corrected chi connectivity index (χ1v) is 8.39. The van der Waals surface area contributed by atoms with Crippen LogP contribution in [0.25, 0.3) is 0 Å². The second kappa shape index (κ2) is 6.70. The Bertz CT molecular complexity index is 688. The molecule has 0 spiro atoms. The number of hydrogen-bond donors (Lipinski definition) is 2. The van der Waals surface area contributed by atoms with Gasteiger partial charge in [0, 0.05) is 18.2 Å². The van der Waals surface area contributed by atoms with Gasteiger partial charge in [0.05, 0.1) is 24.0 Å². The SMILES string of the molecule is O=C(Nc1cc(C#CCCO)ccn1)C1CCS(=O)(=O)C1. The number of aliphatic hydroxyl groups excluding tert-OH is 1. The summed E-state index contributed by atoms with van der Waals surface area (Å²) in [6.45, 7) is -0.00215. The van der Waals surface area contributed by atoms with Crippen LogP contribution < -0.4 is 5.32 Å². The molecule has 1 aliphatic rings. The van der Waals surface area contributed by atoms with Gasteiger partial charge in [0.15, 0.2) is 9.84 Å². The van der Waals surface area contributed by atoms with Crippen molar-refractivity contribution in [2.24, 2.45) is 5.92 Å². The van der Waals surface area contributed by atoms with E-state index in [0.717, 1.165) is 0 Å². The Morgan fingerprint density at radius 1 is 1.52 bits per heavy atom. The van der Waals surface area contributed by atoms with Gasteiger partial charge in [-0.2, -0.15) is 0 Å². The molecule has 0 radical (unpaired) electrons. The molecule has 0 aromatic carbocycles. The maximum Gasteiger partial charge on any atom is 0.229 e. The molecule has 1 amide bonds. The molecule has 0 bridgehead atoms. The van der Waals surface area contributed by atoms with Crippen LogP contribution in [0.15, 0.2) is 18.3 Å². The van der Waals surface area contributed by atoms with Gasteiger partial charge in [-0.3, -0.25) is 4.79 Å². The van der Waals surface area contributed by atoms with E-state index in [0.29, 0.717) is 24.2 Å². The van der Waals surface area contributed by atoms with Crippen molar-refractivity contribution in [1.29, 1.82) is 0 Å². The summed E-state index contributed by atoms with van der Waals surface area (Å²) in [4.78, 5) is 16.0. The molecule has 0 saturated carbocycles. The van der Waals surface area contributed by atoms with E-state index in [9.17, 15) is 13.2 Å². The van der Waals surface area contributed by atoms with Crippen LogP contribution >= 0.6 is 0 Å². The molecule has 2 heterocycles. The highest BCUT2D eigenvalue weighted by Gasteiger charge is 2.33. The Balaban J connectivity index is 2.02. The summed E-state index contributed by atoms with van der Waals surface area (Å²) in [5, 5.41) is 11.3. The quantitative estimate of drug-likeness (QED) is 0.777. The highest BCUT2D eigenvalue weighted by atomic mass is 32.2. The van der Waals surface area contributed by atoms with Crippen LogP contribution in [0, 0.1) is 17.8 Å². The summed E-state index contributed by atoms with van der Waals surface area (Å²) in [6, 6.07) is 3.31. The van der Waals surface area contributed by atoms with E-state index in [1.807, 2.05) is 0 Å². The molecule has 21 heavy (non-hydrogen) atoms. The number of carbonyl (C=O) groups excluding carboxylic acids is 1. The number of anilines is 1. The van der Waals surface area contributed by atoms with Gasteiger partial charge in [-0.25, -0.2) is 13.4 Å². The number of aromatic nitrogens is 1. The highest BCUT2D eigenvalue weighted by molar-refractivity contribution is 7.91. The van der Waals surface area contributed by atoms with Gasteiger partial charge >= 0.3 is 0 Å². The van der Waals surface area contributed by atoms with Crippen LogP contribution in [0.2, 0.25) is 0 Å². The van der Waals surface area contributed by atoms with Gasteiger partial charge in [-0.1, -0.05) is 11.8 Å². The van der Waals surface area contributed by atoms with Crippen LogP contribution in [-0.4, -0.2) is 42.5 Å². The molecule has 6 nitrogen and oxygen atoms in total. The average molecular weight is 308 g/mol. The topological polar surface area (TPSA) is 96.4 Å². The van der Waals surface area contributed by atoms with Crippen LogP contribution in [0.4, 0.5) is 5.82 Å². The van der Waals surface area contributed by atoms with Crippen molar-refractivity contribution in [1.82, 2.24) is 4.98 Å². The Labute approximate surface area is 123 Å². The first-order chi connectivity index (χ1) is 10.00. The van der Waals surface area contributed by atoms with E-state index >= 15 is 0 Å². The second-order valence-corrected chi connectivity index (χ2v) is 7.02. The molecule has 112 valence electrons. The lowest BCUT2D eigenvalue weighted by Gasteiger charge is -2.08. The number of sulfone groups is 1. The van der Waals surface area contributed by atoms with E-state index in [1.165, 1.54) is 6.20 Å². The van der Waals surface area contributed by atoms with E-state index in [1.54, 1.807) is 12.1 Å². The van der Waals surface area contributed by atoms with E-state index in [2.05, 4.69) is 22.1 Å². The van der Waals surface area contributed by atoms with Crippen molar-refractivity contribution < 1.29 is 18.3 Å². The third kappa shape index (κ3) is 4.55. The molecule has 0 aliphatic carbocycles. The summed E-state index contributed by atoms with van der Waals surface area (Å²) in [5.74, 6) is 5.09. The lowest BCUT2D eigenvalue weighted by Crippen LogP contribution is -2.24. The molecule has 1 atom stereocenters. The number of nitrogens with zero attached hydrogens (tertiary/aromatic N) is 1. The van der Waals surface area contributed by atoms with E-state index in [-0.39, 0.29) is 24.0 Å². The van der Waals surface area contributed by atoms with Crippen LogP contribution in [-0.2, 0) is 14.6 Å². The Morgan fingerprint density at radius 2 is 2.33 bits per heavy atom.